The van der Waals surface area contributed by atoms with E-state index < -0.39 is 35.9 Å². The van der Waals surface area contributed by atoms with Crippen molar-refractivity contribution < 1.29 is 18.8 Å². The third-order valence-corrected chi connectivity index (χ3v) is 5.40. The summed E-state index contributed by atoms with van der Waals surface area (Å²) in [4.78, 5) is 25.4. The Bertz CT molecular complexity index is 951. The summed E-state index contributed by atoms with van der Waals surface area (Å²) in [6.07, 6.45) is 5.16. The quantitative estimate of drug-likeness (QED) is 0.596. The van der Waals surface area contributed by atoms with E-state index in [1.54, 1.807) is 50.6 Å². The number of hydrogen-bond acceptors (Lipinski definition) is 5. The Morgan fingerprint density at radius 1 is 1.14 bits per heavy atom. The molecular weight excluding hydrogens is 359 g/mol. The number of aromatic nitrogens is 2. The highest BCUT2D eigenvalue weighted by atomic mass is 16.7. The topological polar surface area (TPSA) is 71.2 Å². The van der Waals surface area contributed by atoms with Gasteiger partial charge in [-0.2, -0.15) is 0 Å². The summed E-state index contributed by atoms with van der Waals surface area (Å²) in [7, 11) is -0.555. The molecule has 0 aromatic carbocycles. The van der Waals surface area contributed by atoms with E-state index in [2.05, 4.69) is 0 Å². The fourth-order valence-electron chi connectivity index (χ4n) is 3.05. The van der Waals surface area contributed by atoms with Crippen LogP contribution in [0, 0.1) is 0 Å². The first-order valence-electron chi connectivity index (χ1n) is 9.53. The van der Waals surface area contributed by atoms with Gasteiger partial charge in [0.25, 0.3) is 5.56 Å². The van der Waals surface area contributed by atoms with Crippen LogP contribution in [-0.4, -0.2) is 38.9 Å². The monoisotopic (exact) mass is 388 g/mol. The molecule has 1 saturated heterocycles. The average Bonchev–Trinajstić information content (AvgIpc) is 3.05. The molecule has 7 nitrogen and oxygen atoms in total. The zero-order valence-corrected chi connectivity index (χ0v) is 17.9. The van der Waals surface area contributed by atoms with Gasteiger partial charge in [-0.15, -0.1) is 0 Å². The molecule has 0 saturated carbocycles. The Kier molecular flexibility index (Phi) is 4.79. The zero-order valence-electron chi connectivity index (χ0n) is 17.9. The van der Waals surface area contributed by atoms with Crippen LogP contribution in [0.4, 0.5) is 0 Å². The first kappa shape index (κ1) is 20.7. The van der Waals surface area contributed by atoms with E-state index in [-0.39, 0.29) is 5.56 Å². The number of carbonyl (C=O) groups is 1. The minimum atomic E-state index is -0.730. The lowest BCUT2D eigenvalue weighted by Crippen LogP contribution is -2.41. The summed E-state index contributed by atoms with van der Waals surface area (Å²) >= 11 is 0. The van der Waals surface area contributed by atoms with E-state index in [9.17, 15) is 9.59 Å². The van der Waals surface area contributed by atoms with Gasteiger partial charge in [-0.25, -0.2) is 4.79 Å². The Balaban J connectivity index is 1.94. The van der Waals surface area contributed by atoms with E-state index in [0.29, 0.717) is 5.52 Å². The second-order valence-electron chi connectivity index (χ2n) is 9.37. The molecule has 0 unspecified atom stereocenters. The van der Waals surface area contributed by atoms with Gasteiger partial charge in [0.15, 0.2) is 0 Å². The van der Waals surface area contributed by atoms with Crippen LogP contribution in [0.2, 0.25) is 0 Å². The van der Waals surface area contributed by atoms with Gasteiger partial charge >= 0.3 is 13.1 Å². The molecule has 0 bridgehead atoms. The van der Waals surface area contributed by atoms with E-state index >= 15 is 0 Å². The molecular formula is C20H29BN2O5. The van der Waals surface area contributed by atoms with E-state index in [0.717, 1.165) is 5.46 Å². The van der Waals surface area contributed by atoms with E-state index in [1.165, 1.54) is 4.57 Å². The molecule has 0 radical (unpaired) electrons. The maximum Gasteiger partial charge on any atom is 0.496 e. The Morgan fingerprint density at radius 3 is 2.25 bits per heavy atom. The van der Waals surface area contributed by atoms with Crippen molar-refractivity contribution in [2.24, 2.45) is 0 Å². The number of fused-ring (bicyclic) bond motifs is 1. The summed E-state index contributed by atoms with van der Waals surface area (Å²) in [5.41, 5.74) is -0.600. The number of hydrogen-bond donors (Lipinski definition) is 0. The molecule has 8 heteroatoms. The summed E-state index contributed by atoms with van der Waals surface area (Å²) in [6, 6.07) is 1.02. The molecule has 2 aromatic heterocycles. The van der Waals surface area contributed by atoms with Crippen molar-refractivity contribution in [3.05, 3.63) is 35.0 Å². The molecule has 1 atom stereocenters. The SMILES string of the molecule is C[C@H](C(=O)OC(C)(C)C)n1ccn2cc(B3OC(C)(C)C(C)(C)O3)cc2c1=O. The largest absolute Gasteiger partial charge is 0.496 e. The molecule has 1 aliphatic heterocycles. The van der Waals surface area contributed by atoms with Crippen molar-refractivity contribution >= 4 is 24.1 Å². The Hall–Kier alpha value is -2.06. The lowest BCUT2D eigenvalue weighted by molar-refractivity contribution is -0.158. The van der Waals surface area contributed by atoms with Crippen LogP contribution < -0.4 is 11.0 Å². The lowest BCUT2D eigenvalue weighted by Gasteiger charge is -2.32. The first-order valence-corrected chi connectivity index (χ1v) is 9.53. The summed E-state index contributed by atoms with van der Waals surface area (Å²) in [6.45, 7) is 15.0. The molecule has 0 spiro atoms. The van der Waals surface area contributed by atoms with Crippen molar-refractivity contribution in [1.82, 2.24) is 8.97 Å². The lowest BCUT2D eigenvalue weighted by atomic mass is 9.81. The molecule has 3 heterocycles. The highest BCUT2D eigenvalue weighted by Crippen LogP contribution is 2.36. The minimum absolute atomic E-state index is 0.274. The maximum absolute atomic E-state index is 13.0. The van der Waals surface area contributed by atoms with Crippen molar-refractivity contribution in [3.63, 3.8) is 0 Å². The predicted octanol–water partition coefficient (Wildman–Crippen LogP) is 2.30. The molecule has 152 valence electrons. The van der Waals surface area contributed by atoms with Crippen LogP contribution in [0.1, 0.15) is 61.4 Å². The standard InChI is InChI=1S/C20H29BN2O5/c1-13(17(25)26-18(2,3)4)23-10-9-22-12-14(11-15(22)16(23)24)21-27-19(5,6)20(7,8)28-21/h9-13H,1-8H3/t13-/m1/s1. The van der Waals surface area contributed by atoms with Gasteiger partial charge < -0.3 is 18.4 Å². The fraction of sp³-hybridized carbons (Fsp3) is 0.600. The second kappa shape index (κ2) is 6.49. The van der Waals surface area contributed by atoms with E-state index in [4.69, 9.17) is 14.0 Å². The van der Waals surface area contributed by atoms with E-state index in [1.807, 2.05) is 33.9 Å². The van der Waals surface area contributed by atoms with Crippen LogP contribution in [0.15, 0.2) is 29.5 Å². The fourth-order valence-corrected chi connectivity index (χ4v) is 3.05. The number of nitrogens with zero attached hydrogens (tertiary/aromatic N) is 2. The second-order valence-corrected chi connectivity index (χ2v) is 9.37. The Labute approximate surface area is 165 Å². The maximum atomic E-state index is 13.0. The van der Waals surface area contributed by atoms with Gasteiger partial charge in [-0.1, -0.05) is 0 Å². The third kappa shape index (κ3) is 3.63. The molecule has 3 rings (SSSR count). The summed E-state index contributed by atoms with van der Waals surface area (Å²) in [5, 5.41) is 0. The predicted molar refractivity (Wildman–Crippen MR) is 108 cm³/mol. The van der Waals surface area contributed by atoms with Crippen molar-refractivity contribution in [3.8, 4) is 0 Å². The molecule has 28 heavy (non-hydrogen) atoms. The average molecular weight is 388 g/mol. The van der Waals surface area contributed by atoms with Crippen LogP contribution in [0.3, 0.4) is 0 Å². The van der Waals surface area contributed by atoms with Gasteiger partial charge in [0.05, 0.1) is 11.2 Å². The highest BCUT2D eigenvalue weighted by Gasteiger charge is 2.52. The van der Waals surface area contributed by atoms with Gasteiger partial charge in [0, 0.05) is 24.1 Å². The normalized spacial score (nSPS) is 19.8. The number of carbonyl (C=O) groups excluding carboxylic acids is 1. The van der Waals surface area contributed by atoms with Gasteiger partial charge in [0.1, 0.15) is 17.2 Å². The Morgan fingerprint density at radius 2 is 1.71 bits per heavy atom. The van der Waals surface area contributed by atoms with Gasteiger partial charge in [-0.05, 0) is 61.5 Å². The first-order chi connectivity index (χ1) is 12.7. The molecule has 1 fully saturated rings. The molecule has 0 amide bonds. The number of ether oxygens (including phenoxy) is 1. The molecule has 2 aromatic rings. The molecule has 0 N–H and O–H groups in total. The smallest absolute Gasteiger partial charge is 0.458 e. The highest BCUT2D eigenvalue weighted by molar-refractivity contribution is 6.62. The number of rotatable bonds is 3. The van der Waals surface area contributed by atoms with Crippen LogP contribution in [0.5, 0.6) is 0 Å². The molecule has 0 aliphatic carbocycles. The summed E-state index contributed by atoms with van der Waals surface area (Å²) in [5.74, 6) is -0.448. The number of esters is 1. The minimum Gasteiger partial charge on any atom is -0.458 e. The zero-order chi connectivity index (χ0) is 21.1. The van der Waals surface area contributed by atoms with Crippen LogP contribution in [-0.2, 0) is 18.8 Å². The van der Waals surface area contributed by atoms with Crippen molar-refractivity contribution in [2.45, 2.75) is 78.2 Å². The van der Waals surface area contributed by atoms with Crippen LogP contribution >= 0.6 is 0 Å². The van der Waals surface area contributed by atoms with Crippen LogP contribution in [0.25, 0.3) is 5.52 Å². The third-order valence-electron chi connectivity index (χ3n) is 5.40. The van der Waals surface area contributed by atoms with Crippen molar-refractivity contribution in [2.75, 3.05) is 0 Å². The molecule has 1 aliphatic rings. The van der Waals surface area contributed by atoms with Gasteiger partial charge in [0.2, 0.25) is 0 Å². The van der Waals surface area contributed by atoms with Crippen molar-refractivity contribution in [1.29, 1.82) is 0 Å². The summed E-state index contributed by atoms with van der Waals surface area (Å²) < 4.78 is 20.7. The van der Waals surface area contributed by atoms with Gasteiger partial charge in [-0.3, -0.25) is 9.36 Å².